The summed E-state index contributed by atoms with van der Waals surface area (Å²) in [4.78, 5) is 0. The molecule has 0 aromatic carbocycles. The SMILES string of the molecule is CC(C)CCOCCSc1cn[nH]n1. The molecule has 1 rings (SSSR count). The molecule has 1 N–H and O–H groups in total. The Bertz CT molecular complexity index is 226. The van der Waals surface area contributed by atoms with Gasteiger partial charge in [-0.2, -0.15) is 10.3 Å². The summed E-state index contributed by atoms with van der Waals surface area (Å²) >= 11 is 1.66. The van der Waals surface area contributed by atoms with Gasteiger partial charge in [-0.3, -0.25) is 0 Å². The van der Waals surface area contributed by atoms with E-state index in [2.05, 4.69) is 29.3 Å². The van der Waals surface area contributed by atoms with E-state index in [0.29, 0.717) is 0 Å². The second-order valence-corrected chi connectivity index (χ2v) is 4.57. The molecule has 0 saturated heterocycles. The normalized spacial score (nSPS) is 11.1. The molecule has 0 fully saturated rings. The van der Waals surface area contributed by atoms with Crippen molar-refractivity contribution >= 4 is 11.8 Å². The van der Waals surface area contributed by atoms with Crippen molar-refractivity contribution in [2.45, 2.75) is 25.3 Å². The summed E-state index contributed by atoms with van der Waals surface area (Å²) in [5.74, 6) is 1.66. The first-order valence-corrected chi connectivity index (χ1v) is 5.84. The molecule has 1 aromatic heterocycles. The van der Waals surface area contributed by atoms with Gasteiger partial charge in [0.2, 0.25) is 0 Å². The summed E-state index contributed by atoms with van der Waals surface area (Å²) in [6.45, 7) is 6.04. The van der Waals surface area contributed by atoms with Crippen molar-refractivity contribution in [1.29, 1.82) is 0 Å². The van der Waals surface area contributed by atoms with Crippen molar-refractivity contribution in [1.82, 2.24) is 15.4 Å². The van der Waals surface area contributed by atoms with Crippen molar-refractivity contribution in [3.05, 3.63) is 6.20 Å². The fourth-order valence-electron chi connectivity index (χ4n) is 0.887. The summed E-state index contributed by atoms with van der Waals surface area (Å²) in [5, 5.41) is 11.2. The molecule has 0 aliphatic carbocycles. The molecule has 0 aliphatic rings. The zero-order valence-electron chi connectivity index (χ0n) is 8.69. The van der Waals surface area contributed by atoms with E-state index < -0.39 is 0 Å². The van der Waals surface area contributed by atoms with E-state index in [1.54, 1.807) is 18.0 Å². The molecular formula is C9H17N3OS. The summed E-state index contributed by atoms with van der Waals surface area (Å²) in [5.41, 5.74) is 0. The number of hydrogen-bond donors (Lipinski definition) is 1. The molecule has 0 aliphatic heterocycles. The van der Waals surface area contributed by atoms with Gasteiger partial charge in [0.25, 0.3) is 0 Å². The topological polar surface area (TPSA) is 50.8 Å². The second-order valence-electron chi connectivity index (χ2n) is 3.45. The molecule has 0 radical (unpaired) electrons. The fraction of sp³-hybridized carbons (Fsp3) is 0.778. The number of hydrogen-bond acceptors (Lipinski definition) is 4. The maximum Gasteiger partial charge on any atom is 0.138 e. The Kier molecular flexibility index (Phi) is 5.63. The first-order valence-electron chi connectivity index (χ1n) is 4.85. The number of H-pyrrole nitrogens is 1. The number of nitrogens with zero attached hydrogens (tertiary/aromatic N) is 2. The fourth-order valence-corrected chi connectivity index (χ4v) is 1.53. The lowest BCUT2D eigenvalue weighted by atomic mass is 10.1. The minimum absolute atomic E-state index is 0.721. The molecule has 80 valence electrons. The van der Waals surface area contributed by atoms with Gasteiger partial charge in [-0.05, 0) is 12.3 Å². The largest absolute Gasteiger partial charge is 0.381 e. The molecule has 1 aromatic rings. The Labute approximate surface area is 88.8 Å². The van der Waals surface area contributed by atoms with E-state index >= 15 is 0 Å². The van der Waals surface area contributed by atoms with Gasteiger partial charge in [0.15, 0.2) is 0 Å². The lowest BCUT2D eigenvalue weighted by Crippen LogP contribution is -2.02. The smallest absolute Gasteiger partial charge is 0.138 e. The van der Waals surface area contributed by atoms with Crippen LogP contribution in [-0.2, 0) is 4.74 Å². The third-order valence-electron chi connectivity index (χ3n) is 1.71. The number of aromatic amines is 1. The molecule has 1 heterocycles. The standard InChI is InChI=1S/C9H17N3OS/c1-8(2)3-4-13-5-6-14-9-7-10-12-11-9/h7-8H,3-6H2,1-2H3,(H,10,11,12). The van der Waals surface area contributed by atoms with Gasteiger partial charge in [-0.25, -0.2) is 0 Å². The molecule has 4 nitrogen and oxygen atoms in total. The maximum atomic E-state index is 5.46. The summed E-state index contributed by atoms with van der Waals surface area (Å²) in [6, 6.07) is 0. The first kappa shape index (κ1) is 11.5. The van der Waals surface area contributed by atoms with Gasteiger partial charge >= 0.3 is 0 Å². The molecule has 0 saturated carbocycles. The Morgan fingerprint density at radius 3 is 3.00 bits per heavy atom. The van der Waals surface area contributed by atoms with Gasteiger partial charge in [-0.1, -0.05) is 13.8 Å². The molecule has 0 unspecified atom stereocenters. The summed E-state index contributed by atoms with van der Waals surface area (Å²) in [6.07, 6.45) is 2.85. The average molecular weight is 215 g/mol. The quantitative estimate of drug-likeness (QED) is 0.558. The van der Waals surface area contributed by atoms with Crippen molar-refractivity contribution < 1.29 is 4.74 Å². The van der Waals surface area contributed by atoms with Crippen molar-refractivity contribution in [3.63, 3.8) is 0 Å². The molecule has 0 amide bonds. The molecule has 0 bridgehead atoms. The number of thioether (sulfide) groups is 1. The van der Waals surface area contributed by atoms with Crippen LogP contribution in [0.15, 0.2) is 11.2 Å². The third kappa shape index (κ3) is 5.24. The van der Waals surface area contributed by atoms with E-state index in [1.165, 1.54) is 0 Å². The van der Waals surface area contributed by atoms with Crippen LogP contribution in [0.25, 0.3) is 0 Å². The van der Waals surface area contributed by atoms with Crippen LogP contribution >= 0.6 is 11.8 Å². The van der Waals surface area contributed by atoms with Crippen LogP contribution < -0.4 is 0 Å². The number of aromatic nitrogens is 3. The van der Waals surface area contributed by atoms with Gasteiger partial charge in [0.05, 0.1) is 12.8 Å². The van der Waals surface area contributed by atoms with E-state index in [9.17, 15) is 0 Å². The van der Waals surface area contributed by atoms with E-state index in [4.69, 9.17) is 4.74 Å². The third-order valence-corrected chi connectivity index (χ3v) is 2.57. The first-order chi connectivity index (χ1) is 6.79. The van der Waals surface area contributed by atoms with Crippen LogP contribution in [-0.4, -0.2) is 34.4 Å². The van der Waals surface area contributed by atoms with E-state index in [-0.39, 0.29) is 0 Å². The Morgan fingerprint density at radius 1 is 1.50 bits per heavy atom. The van der Waals surface area contributed by atoms with Gasteiger partial charge in [0.1, 0.15) is 5.03 Å². The van der Waals surface area contributed by atoms with Crippen molar-refractivity contribution in [2.75, 3.05) is 19.0 Å². The predicted octanol–water partition coefficient (Wildman–Crippen LogP) is 1.96. The minimum atomic E-state index is 0.721. The lowest BCUT2D eigenvalue weighted by molar-refractivity contribution is 0.138. The molecule has 0 atom stereocenters. The van der Waals surface area contributed by atoms with Gasteiger partial charge in [0, 0.05) is 12.4 Å². The minimum Gasteiger partial charge on any atom is -0.381 e. The monoisotopic (exact) mass is 215 g/mol. The molecular weight excluding hydrogens is 198 g/mol. The number of ether oxygens (including phenoxy) is 1. The van der Waals surface area contributed by atoms with Crippen molar-refractivity contribution in [3.8, 4) is 0 Å². The maximum absolute atomic E-state index is 5.46. The van der Waals surface area contributed by atoms with Crippen LogP contribution in [0, 0.1) is 5.92 Å². The Balaban J connectivity index is 1.90. The molecule has 14 heavy (non-hydrogen) atoms. The average Bonchev–Trinajstić information content (AvgIpc) is 2.63. The van der Waals surface area contributed by atoms with E-state index in [0.717, 1.165) is 36.3 Å². The highest BCUT2D eigenvalue weighted by Gasteiger charge is 1.97. The zero-order chi connectivity index (χ0) is 10.2. The highest BCUT2D eigenvalue weighted by atomic mass is 32.2. The van der Waals surface area contributed by atoms with Crippen LogP contribution in [0.4, 0.5) is 0 Å². The molecule has 0 spiro atoms. The van der Waals surface area contributed by atoms with Crippen LogP contribution in [0.2, 0.25) is 0 Å². The van der Waals surface area contributed by atoms with Crippen LogP contribution in [0.5, 0.6) is 0 Å². The summed E-state index contributed by atoms with van der Waals surface area (Å²) in [7, 11) is 0. The van der Waals surface area contributed by atoms with Crippen molar-refractivity contribution in [2.24, 2.45) is 5.92 Å². The lowest BCUT2D eigenvalue weighted by Gasteiger charge is -2.05. The Hall–Kier alpha value is -0.550. The van der Waals surface area contributed by atoms with Crippen LogP contribution in [0.3, 0.4) is 0 Å². The van der Waals surface area contributed by atoms with Gasteiger partial charge < -0.3 is 4.74 Å². The zero-order valence-corrected chi connectivity index (χ0v) is 9.51. The van der Waals surface area contributed by atoms with E-state index in [1.807, 2.05) is 0 Å². The molecule has 5 heteroatoms. The Morgan fingerprint density at radius 2 is 2.36 bits per heavy atom. The number of rotatable bonds is 7. The highest BCUT2D eigenvalue weighted by Crippen LogP contribution is 2.11. The second kappa shape index (κ2) is 6.84. The number of nitrogens with one attached hydrogen (secondary N) is 1. The predicted molar refractivity (Wildman–Crippen MR) is 57.4 cm³/mol. The van der Waals surface area contributed by atoms with Gasteiger partial charge in [-0.15, -0.1) is 16.9 Å². The summed E-state index contributed by atoms with van der Waals surface area (Å²) < 4.78 is 5.46. The van der Waals surface area contributed by atoms with Crippen LogP contribution in [0.1, 0.15) is 20.3 Å². The highest BCUT2D eigenvalue weighted by molar-refractivity contribution is 7.99.